The number of primary amides is 1. The molecule has 1 amide bonds. The van der Waals surface area contributed by atoms with Crippen molar-refractivity contribution >= 4 is 5.91 Å². The standard InChI is InChI=1S/C19H24N2O/c1-12-3-6-15-17-10-13-4-5-14(18(20)22)9-16(13)19(15,11-12)7-8-21(17)2/h4-5,9,15,17H,1,3,6-8,10-11H2,2H3,(H2,20,22)/t15-,17+,19-/m0/s1. The van der Waals surface area contributed by atoms with E-state index in [2.05, 4.69) is 30.7 Å². The molecule has 22 heavy (non-hydrogen) atoms. The minimum Gasteiger partial charge on any atom is -0.366 e. The fourth-order valence-electron chi connectivity index (χ4n) is 5.31. The minimum absolute atomic E-state index is 0.186. The number of hydrogen-bond donors (Lipinski definition) is 1. The molecule has 1 aromatic carbocycles. The summed E-state index contributed by atoms with van der Waals surface area (Å²) in [6.07, 6.45) is 5.73. The first kappa shape index (κ1) is 14.0. The summed E-state index contributed by atoms with van der Waals surface area (Å²) < 4.78 is 0. The number of carbonyl (C=O) groups is 1. The monoisotopic (exact) mass is 296 g/mol. The molecule has 3 atom stereocenters. The number of carbonyl (C=O) groups excluding carboxylic acids is 1. The third-order valence-corrected chi connectivity index (χ3v) is 6.39. The van der Waals surface area contributed by atoms with Crippen LogP contribution in [0.5, 0.6) is 0 Å². The summed E-state index contributed by atoms with van der Waals surface area (Å²) in [6.45, 7) is 5.43. The van der Waals surface area contributed by atoms with Gasteiger partial charge in [-0.1, -0.05) is 18.2 Å². The van der Waals surface area contributed by atoms with Crippen LogP contribution in [0.2, 0.25) is 0 Å². The van der Waals surface area contributed by atoms with Crippen molar-refractivity contribution in [2.45, 2.75) is 43.6 Å². The fourth-order valence-corrected chi connectivity index (χ4v) is 5.31. The lowest BCUT2D eigenvalue weighted by molar-refractivity contribution is 0.0150. The number of amides is 1. The van der Waals surface area contributed by atoms with Gasteiger partial charge in [0.25, 0.3) is 0 Å². The molecule has 1 heterocycles. The van der Waals surface area contributed by atoms with Gasteiger partial charge in [-0.15, -0.1) is 0 Å². The Morgan fingerprint density at radius 2 is 2.27 bits per heavy atom. The largest absolute Gasteiger partial charge is 0.366 e. The van der Waals surface area contributed by atoms with Gasteiger partial charge in [-0.25, -0.2) is 0 Å². The number of allylic oxidation sites excluding steroid dienone is 1. The molecule has 116 valence electrons. The van der Waals surface area contributed by atoms with Crippen molar-refractivity contribution < 1.29 is 4.79 Å². The van der Waals surface area contributed by atoms with Crippen LogP contribution in [0.1, 0.15) is 47.2 Å². The van der Waals surface area contributed by atoms with E-state index in [1.807, 2.05) is 6.07 Å². The van der Waals surface area contributed by atoms with E-state index in [0.717, 1.165) is 25.8 Å². The van der Waals surface area contributed by atoms with Crippen LogP contribution in [0.4, 0.5) is 0 Å². The molecule has 2 bridgehead atoms. The number of benzene rings is 1. The maximum absolute atomic E-state index is 11.6. The molecular formula is C19H24N2O. The maximum Gasteiger partial charge on any atom is 0.248 e. The lowest BCUT2D eigenvalue weighted by Gasteiger charge is -2.58. The molecule has 4 rings (SSSR count). The number of likely N-dealkylation sites (N-methyl/N-ethyl adjacent to an activating group) is 1. The van der Waals surface area contributed by atoms with Gasteiger partial charge < -0.3 is 10.6 Å². The average molecular weight is 296 g/mol. The predicted molar refractivity (Wildman–Crippen MR) is 87.9 cm³/mol. The zero-order chi connectivity index (χ0) is 15.5. The molecular weight excluding hydrogens is 272 g/mol. The lowest BCUT2D eigenvalue weighted by Crippen LogP contribution is -2.60. The highest BCUT2D eigenvalue weighted by Gasteiger charge is 2.53. The Bertz CT molecular complexity index is 665. The Labute approximate surface area is 132 Å². The molecule has 2 aliphatic carbocycles. The summed E-state index contributed by atoms with van der Waals surface area (Å²) in [5.41, 5.74) is 10.5. The van der Waals surface area contributed by atoms with Gasteiger partial charge in [-0.3, -0.25) is 4.79 Å². The number of fused-ring (bicyclic) bond motifs is 1. The van der Waals surface area contributed by atoms with E-state index >= 15 is 0 Å². The van der Waals surface area contributed by atoms with Gasteiger partial charge in [-0.2, -0.15) is 0 Å². The highest BCUT2D eigenvalue weighted by atomic mass is 16.1. The second kappa shape index (κ2) is 4.69. The Hall–Kier alpha value is -1.61. The summed E-state index contributed by atoms with van der Waals surface area (Å²) >= 11 is 0. The van der Waals surface area contributed by atoms with Gasteiger partial charge in [-0.05, 0) is 74.9 Å². The van der Waals surface area contributed by atoms with E-state index < -0.39 is 0 Å². The van der Waals surface area contributed by atoms with Gasteiger partial charge in [0.05, 0.1) is 0 Å². The average Bonchev–Trinajstić information content (AvgIpc) is 2.50. The first-order chi connectivity index (χ1) is 10.5. The second-order valence-corrected chi connectivity index (χ2v) is 7.47. The van der Waals surface area contributed by atoms with Crippen molar-refractivity contribution in [1.82, 2.24) is 4.90 Å². The molecule has 0 unspecified atom stereocenters. The predicted octanol–water partition coefficient (Wildman–Crippen LogP) is 2.64. The van der Waals surface area contributed by atoms with Crippen molar-refractivity contribution in [3.8, 4) is 0 Å². The Balaban J connectivity index is 1.91. The fraction of sp³-hybridized carbons (Fsp3) is 0.526. The van der Waals surface area contributed by atoms with E-state index in [0.29, 0.717) is 17.5 Å². The lowest BCUT2D eigenvalue weighted by atomic mass is 9.51. The van der Waals surface area contributed by atoms with Crippen LogP contribution in [0.3, 0.4) is 0 Å². The van der Waals surface area contributed by atoms with Crippen LogP contribution in [0.15, 0.2) is 30.4 Å². The summed E-state index contributed by atoms with van der Waals surface area (Å²) in [4.78, 5) is 14.2. The van der Waals surface area contributed by atoms with Crippen LogP contribution >= 0.6 is 0 Å². The number of nitrogens with zero attached hydrogens (tertiary/aromatic N) is 1. The normalized spacial score (nSPS) is 34.0. The maximum atomic E-state index is 11.6. The summed E-state index contributed by atoms with van der Waals surface area (Å²) in [5, 5.41) is 0. The SMILES string of the molecule is C=C1CC[C@H]2[C@H]3Cc4ccc(C(N)=O)cc4[C@@]2(CCN3C)C1. The molecule has 1 aliphatic heterocycles. The number of hydrogen-bond acceptors (Lipinski definition) is 2. The Morgan fingerprint density at radius 1 is 1.45 bits per heavy atom. The van der Waals surface area contributed by atoms with Gasteiger partial charge in [0.15, 0.2) is 0 Å². The van der Waals surface area contributed by atoms with E-state index in [1.165, 1.54) is 29.5 Å². The van der Waals surface area contributed by atoms with Crippen LogP contribution in [-0.4, -0.2) is 30.4 Å². The van der Waals surface area contributed by atoms with Gasteiger partial charge in [0, 0.05) is 17.0 Å². The molecule has 0 radical (unpaired) electrons. The van der Waals surface area contributed by atoms with Crippen LogP contribution in [0.25, 0.3) is 0 Å². The first-order valence-corrected chi connectivity index (χ1v) is 8.31. The Morgan fingerprint density at radius 3 is 3.05 bits per heavy atom. The third kappa shape index (κ3) is 1.81. The molecule has 3 aliphatic rings. The molecule has 1 aromatic rings. The molecule has 1 saturated carbocycles. The zero-order valence-electron chi connectivity index (χ0n) is 13.3. The molecule has 3 nitrogen and oxygen atoms in total. The number of nitrogens with two attached hydrogens (primary N) is 1. The van der Waals surface area contributed by atoms with E-state index in [4.69, 9.17) is 5.73 Å². The number of likely N-dealkylation sites (tertiary alicyclic amines) is 1. The highest BCUT2D eigenvalue weighted by Crippen LogP contribution is 2.56. The van der Waals surface area contributed by atoms with E-state index in [9.17, 15) is 4.79 Å². The second-order valence-electron chi connectivity index (χ2n) is 7.47. The van der Waals surface area contributed by atoms with Crippen molar-refractivity contribution in [3.05, 3.63) is 47.0 Å². The number of piperidine rings is 1. The quantitative estimate of drug-likeness (QED) is 0.810. The zero-order valence-corrected chi connectivity index (χ0v) is 13.3. The van der Waals surface area contributed by atoms with Gasteiger partial charge in [0.2, 0.25) is 5.91 Å². The molecule has 3 heteroatoms. The van der Waals surface area contributed by atoms with Gasteiger partial charge in [0.1, 0.15) is 0 Å². The van der Waals surface area contributed by atoms with Crippen LogP contribution in [-0.2, 0) is 11.8 Å². The minimum atomic E-state index is -0.319. The van der Waals surface area contributed by atoms with Crippen LogP contribution in [0, 0.1) is 5.92 Å². The molecule has 0 aromatic heterocycles. The summed E-state index contributed by atoms with van der Waals surface area (Å²) in [7, 11) is 2.26. The molecule has 0 spiro atoms. The Kier molecular flexibility index (Phi) is 2.99. The van der Waals surface area contributed by atoms with Gasteiger partial charge >= 0.3 is 0 Å². The van der Waals surface area contributed by atoms with Crippen molar-refractivity contribution in [2.24, 2.45) is 11.7 Å². The summed E-state index contributed by atoms with van der Waals surface area (Å²) in [6, 6.07) is 6.75. The van der Waals surface area contributed by atoms with E-state index in [1.54, 1.807) is 0 Å². The molecule has 1 saturated heterocycles. The summed E-state index contributed by atoms with van der Waals surface area (Å²) in [5.74, 6) is 0.368. The topological polar surface area (TPSA) is 46.3 Å². The molecule has 2 N–H and O–H groups in total. The first-order valence-electron chi connectivity index (χ1n) is 8.31. The van der Waals surface area contributed by atoms with Crippen molar-refractivity contribution in [1.29, 1.82) is 0 Å². The van der Waals surface area contributed by atoms with E-state index in [-0.39, 0.29) is 11.3 Å². The molecule has 2 fully saturated rings. The van der Waals surface area contributed by atoms with Crippen LogP contribution < -0.4 is 5.73 Å². The smallest absolute Gasteiger partial charge is 0.248 e. The highest BCUT2D eigenvalue weighted by molar-refractivity contribution is 5.93. The van der Waals surface area contributed by atoms with Crippen molar-refractivity contribution in [3.63, 3.8) is 0 Å². The van der Waals surface area contributed by atoms with Crippen molar-refractivity contribution in [2.75, 3.05) is 13.6 Å². The number of rotatable bonds is 1. The third-order valence-electron chi connectivity index (χ3n) is 6.39.